The van der Waals surface area contributed by atoms with Crippen LogP contribution in [0.1, 0.15) is 10.6 Å². The van der Waals surface area contributed by atoms with Crippen LogP contribution in [0, 0.1) is 0 Å². The monoisotopic (exact) mass is 402 g/mol. The van der Waals surface area contributed by atoms with Gasteiger partial charge in [0.25, 0.3) is 5.91 Å². The maximum Gasteiger partial charge on any atom is 0.295 e. The zero-order valence-corrected chi connectivity index (χ0v) is 16.3. The van der Waals surface area contributed by atoms with Gasteiger partial charge in [-0.05, 0) is 36.4 Å². The third kappa shape index (κ3) is 4.12. The van der Waals surface area contributed by atoms with Crippen LogP contribution in [0.4, 0.5) is 5.82 Å². The number of carbonyl (C=O) groups is 1. The first-order valence-corrected chi connectivity index (χ1v) is 9.05. The lowest BCUT2D eigenvalue weighted by atomic mass is 10.1. The summed E-state index contributed by atoms with van der Waals surface area (Å²) in [6.07, 6.45) is 1.39. The minimum Gasteiger partial charge on any atom is -0.497 e. The normalized spacial score (nSPS) is 10.5. The Morgan fingerprint density at radius 3 is 2.43 bits per heavy atom. The van der Waals surface area contributed by atoms with Crippen molar-refractivity contribution in [2.45, 2.75) is 0 Å². The summed E-state index contributed by atoms with van der Waals surface area (Å²) in [6.45, 7) is 0. The standard InChI is InChI=1S/C22H18N4O4/c1-28-16-8-6-14(7-9-16)18-12-21(24-13-23-18)25-22(27)20-11-19(26-30-20)15-4-3-5-17(10-15)29-2/h3-13H,1-2H3,(H,23,24,25,27). The highest BCUT2D eigenvalue weighted by Gasteiger charge is 2.16. The Kier molecular flexibility index (Phi) is 5.38. The van der Waals surface area contributed by atoms with E-state index in [1.165, 1.54) is 6.33 Å². The Bertz CT molecular complexity index is 1170. The number of carbonyl (C=O) groups excluding carboxylic acids is 1. The van der Waals surface area contributed by atoms with E-state index < -0.39 is 5.91 Å². The molecular weight excluding hydrogens is 384 g/mol. The third-order valence-electron chi connectivity index (χ3n) is 4.39. The second-order valence-corrected chi connectivity index (χ2v) is 6.28. The summed E-state index contributed by atoms with van der Waals surface area (Å²) in [5.74, 6) is 1.39. The smallest absolute Gasteiger partial charge is 0.295 e. The fourth-order valence-electron chi connectivity index (χ4n) is 2.82. The molecule has 0 fully saturated rings. The Morgan fingerprint density at radius 2 is 1.67 bits per heavy atom. The molecule has 1 N–H and O–H groups in total. The topological polar surface area (TPSA) is 99.4 Å². The van der Waals surface area contributed by atoms with Crippen molar-refractivity contribution in [3.05, 3.63) is 72.8 Å². The fraction of sp³-hybridized carbons (Fsp3) is 0.0909. The molecule has 0 aliphatic heterocycles. The van der Waals surface area contributed by atoms with Crippen LogP contribution in [0.15, 0.2) is 71.5 Å². The predicted octanol–water partition coefficient (Wildman–Crippen LogP) is 4.07. The largest absolute Gasteiger partial charge is 0.497 e. The SMILES string of the molecule is COc1ccc(-c2cc(NC(=O)c3cc(-c4cccc(OC)c4)no3)ncn2)cc1. The van der Waals surface area contributed by atoms with Gasteiger partial charge >= 0.3 is 0 Å². The fourth-order valence-corrected chi connectivity index (χ4v) is 2.82. The zero-order valence-electron chi connectivity index (χ0n) is 16.3. The van der Waals surface area contributed by atoms with E-state index in [1.54, 1.807) is 26.4 Å². The van der Waals surface area contributed by atoms with Gasteiger partial charge in [0.05, 0.1) is 19.9 Å². The first kappa shape index (κ1) is 19.1. The van der Waals surface area contributed by atoms with Crippen LogP contribution in [0.2, 0.25) is 0 Å². The molecule has 0 aliphatic carbocycles. The summed E-state index contributed by atoms with van der Waals surface area (Å²) in [5, 5.41) is 6.68. The molecule has 0 saturated heterocycles. The van der Waals surface area contributed by atoms with Crippen molar-refractivity contribution in [2.75, 3.05) is 19.5 Å². The van der Waals surface area contributed by atoms with E-state index in [0.717, 1.165) is 16.9 Å². The van der Waals surface area contributed by atoms with Crippen LogP contribution in [0.3, 0.4) is 0 Å². The maximum atomic E-state index is 12.6. The minimum absolute atomic E-state index is 0.0671. The number of aromatic nitrogens is 3. The summed E-state index contributed by atoms with van der Waals surface area (Å²) in [4.78, 5) is 20.9. The first-order valence-electron chi connectivity index (χ1n) is 9.05. The molecule has 2 aromatic carbocycles. The van der Waals surface area contributed by atoms with Gasteiger partial charge in [-0.2, -0.15) is 0 Å². The van der Waals surface area contributed by atoms with E-state index in [1.807, 2.05) is 48.5 Å². The molecule has 1 amide bonds. The van der Waals surface area contributed by atoms with Gasteiger partial charge in [-0.1, -0.05) is 17.3 Å². The van der Waals surface area contributed by atoms with Crippen molar-refractivity contribution < 1.29 is 18.8 Å². The number of ether oxygens (including phenoxy) is 2. The highest BCUT2D eigenvalue weighted by Crippen LogP contribution is 2.25. The van der Waals surface area contributed by atoms with Crippen LogP contribution in [-0.2, 0) is 0 Å². The Balaban J connectivity index is 1.51. The van der Waals surface area contributed by atoms with E-state index in [0.29, 0.717) is 23.0 Å². The first-order chi connectivity index (χ1) is 14.7. The molecule has 0 radical (unpaired) electrons. The van der Waals surface area contributed by atoms with E-state index in [4.69, 9.17) is 14.0 Å². The van der Waals surface area contributed by atoms with Crippen LogP contribution in [0.25, 0.3) is 22.5 Å². The number of benzene rings is 2. The van der Waals surface area contributed by atoms with E-state index >= 15 is 0 Å². The second-order valence-electron chi connectivity index (χ2n) is 6.28. The Labute approximate surface area is 172 Å². The quantitative estimate of drug-likeness (QED) is 0.519. The zero-order chi connectivity index (χ0) is 20.9. The van der Waals surface area contributed by atoms with Crippen molar-refractivity contribution in [1.82, 2.24) is 15.1 Å². The van der Waals surface area contributed by atoms with Crippen molar-refractivity contribution in [2.24, 2.45) is 0 Å². The Morgan fingerprint density at radius 1 is 0.867 bits per heavy atom. The molecule has 0 unspecified atom stereocenters. The van der Waals surface area contributed by atoms with E-state index in [-0.39, 0.29) is 5.76 Å². The number of hydrogen-bond donors (Lipinski definition) is 1. The van der Waals surface area contributed by atoms with Gasteiger partial charge < -0.3 is 19.3 Å². The number of rotatable bonds is 6. The van der Waals surface area contributed by atoms with Crippen LogP contribution >= 0.6 is 0 Å². The highest BCUT2D eigenvalue weighted by molar-refractivity contribution is 6.02. The molecule has 0 bridgehead atoms. The van der Waals surface area contributed by atoms with E-state index in [9.17, 15) is 4.79 Å². The van der Waals surface area contributed by atoms with Crippen molar-refractivity contribution in [3.8, 4) is 34.0 Å². The lowest BCUT2D eigenvalue weighted by Crippen LogP contribution is -2.12. The molecule has 0 atom stereocenters. The molecule has 4 aromatic rings. The van der Waals surface area contributed by atoms with Crippen molar-refractivity contribution in [1.29, 1.82) is 0 Å². The van der Waals surface area contributed by atoms with Gasteiger partial charge in [-0.25, -0.2) is 9.97 Å². The summed E-state index contributed by atoms with van der Waals surface area (Å²) >= 11 is 0. The molecule has 30 heavy (non-hydrogen) atoms. The number of nitrogens with zero attached hydrogens (tertiary/aromatic N) is 3. The lowest BCUT2D eigenvalue weighted by Gasteiger charge is -2.05. The maximum absolute atomic E-state index is 12.6. The molecule has 2 aromatic heterocycles. The summed E-state index contributed by atoms with van der Waals surface area (Å²) in [7, 11) is 3.19. The molecular formula is C22H18N4O4. The van der Waals surface area contributed by atoms with Gasteiger partial charge in [0.2, 0.25) is 5.76 Å². The van der Waals surface area contributed by atoms with Gasteiger partial charge in [0.1, 0.15) is 29.3 Å². The molecule has 150 valence electrons. The van der Waals surface area contributed by atoms with E-state index in [2.05, 4.69) is 20.4 Å². The molecule has 8 heteroatoms. The molecule has 0 saturated carbocycles. The Hall–Kier alpha value is -4.20. The predicted molar refractivity (Wildman–Crippen MR) is 110 cm³/mol. The average Bonchev–Trinajstić information content (AvgIpc) is 3.30. The molecule has 2 heterocycles. The van der Waals surface area contributed by atoms with Crippen molar-refractivity contribution >= 4 is 11.7 Å². The van der Waals surface area contributed by atoms with Gasteiger partial charge in [0, 0.05) is 23.3 Å². The summed E-state index contributed by atoms with van der Waals surface area (Å²) < 4.78 is 15.6. The average molecular weight is 402 g/mol. The molecule has 8 nitrogen and oxygen atoms in total. The van der Waals surface area contributed by atoms with Crippen LogP contribution in [-0.4, -0.2) is 35.3 Å². The van der Waals surface area contributed by atoms with Gasteiger partial charge in [-0.3, -0.25) is 4.79 Å². The van der Waals surface area contributed by atoms with Crippen molar-refractivity contribution in [3.63, 3.8) is 0 Å². The molecule has 0 spiro atoms. The summed E-state index contributed by atoms with van der Waals surface area (Å²) in [6, 6.07) is 18.0. The van der Waals surface area contributed by atoms with Gasteiger partial charge in [0.15, 0.2) is 0 Å². The highest BCUT2D eigenvalue weighted by atomic mass is 16.5. The summed E-state index contributed by atoms with van der Waals surface area (Å²) in [5.41, 5.74) is 2.84. The third-order valence-corrected chi connectivity index (χ3v) is 4.39. The second kappa shape index (κ2) is 8.44. The van der Waals surface area contributed by atoms with Gasteiger partial charge in [-0.15, -0.1) is 0 Å². The number of amides is 1. The van der Waals surface area contributed by atoms with Crippen LogP contribution in [0.5, 0.6) is 11.5 Å². The number of nitrogens with one attached hydrogen (secondary N) is 1. The number of methoxy groups -OCH3 is 2. The van der Waals surface area contributed by atoms with Crippen LogP contribution < -0.4 is 14.8 Å². The lowest BCUT2D eigenvalue weighted by molar-refractivity contribution is 0.0987. The minimum atomic E-state index is -0.462. The number of anilines is 1. The number of hydrogen-bond acceptors (Lipinski definition) is 7. The molecule has 4 rings (SSSR count). The molecule has 0 aliphatic rings.